The average Bonchev–Trinajstić information content (AvgIpc) is 2.66. The molecular formula is C14H20N4OS. The zero-order valence-electron chi connectivity index (χ0n) is 12.5. The molecule has 0 saturated heterocycles. The molecule has 0 aliphatic heterocycles. The molecule has 0 radical (unpaired) electrons. The Hall–Kier alpha value is -1.40. The first-order valence-corrected chi connectivity index (χ1v) is 7.33. The van der Waals surface area contributed by atoms with E-state index in [0.29, 0.717) is 10.4 Å². The number of aryl methyl sites for hydroxylation is 2. The molecule has 1 N–H and O–H groups in total. The van der Waals surface area contributed by atoms with E-state index in [1.54, 1.807) is 0 Å². The van der Waals surface area contributed by atoms with Crippen LogP contribution in [0.15, 0.2) is 27.2 Å². The molecule has 6 heteroatoms. The van der Waals surface area contributed by atoms with E-state index >= 15 is 0 Å². The van der Waals surface area contributed by atoms with E-state index in [0.717, 1.165) is 23.6 Å². The summed E-state index contributed by atoms with van der Waals surface area (Å²) in [5.74, 6) is 0.832. The summed E-state index contributed by atoms with van der Waals surface area (Å²) in [7, 11) is 0. The van der Waals surface area contributed by atoms with Gasteiger partial charge in [-0.25, -0.2) is 15.0 Å². The van der Waals surface area contributed by atoms with Gasteiger partial charge in [-0.1, -0.05) is 0 Å². The topological polar surface area (TPSA) is 63.8 Å². The monoisotopic (exact) mass is 292 g/mol. The van der Waals surface area contributed by atoms with Crippen LogP contribution >= 0.6 is 11.8 Å². The zero-order chi connectivity index (χ0) is 14.8. The van der Waals surface area contributed by atoms with Gasteiger partial charge in [0.25, 0.3) is 5.22 Å². The molecule has 20 heavy (non-hydrogen) atoms. The molecule has 0 aliphatic carbocycles. The van der Waals surface area contributed by atoms with Gasteiger partial charge in [0.2, 0.25) is 0 Å². The van der Waals surface area contributed by atoms with Crippen molar-refractivity contribution < 1.29 is 4.42 Å². The second-order valence-electron chi connectivity index (χ2n) is 5.70. The van der Waals surface area contributed by atoms with Crippen LogP contribution in [-0.4, -0.2) is 20.5 Å². The number of rotatable bonds is 4. The Morgan fingerprint density at radius 2 is 1.85 bits per heavy atom. The van der Waals surface area contributed by atoms with Crippen molar-refractivity contribution in [3.63, 3.8) is 0 Å². The Morgan fingerprint density at radius 3 is 2.35 bits per heavy atom. The molecule has 0 spiro atoms. The smallest absolute Gasteiger partial charge is 0.264 e. The minimum absolute atomic E-state index is 0.0839. The van der Waals surface area contributed by atoms with Crippen LogP contribution in [-0.2, 0) is 6.54 Å². The van der Waals surface area contributed by atoms with E-state index < -0.39 is 0 Å². The first-order valence-electron chi connectivity index (χ1n) is 6.51. The van der Waals surface area contributed by atoms with Crippen LogP contribution in [0, 0.1) is 13.8 Å². The normalized spacial score (nSPS) is 11.8. The average molecular weight is 292 g/mol. The van der Waals surface area contributed by atoms with Gasteiger partial charge in [-0.15, -0.1) is 0 Å². The summed E-state index contributed by atoms with van der Waals surface area (Å²) in [6, 6.07) is 0. The lowest BCUT2D eigenvalue weighted by molar-refractivity contribution is 0.423. The zero-order valence-corrected chi connectivity index (χ0v) is 13.3. The first kappa shape index (κ1) is 15.0. The maximum absolute atomic E-state index is 5.50. The molecule has 0 atom stereocenters. The molecule has 0 unspecified atom stereocenters. The second-order valence-corrected chi connectivity index (χ2v) is 6.62. The number of nitrogens with one attached hydrogen (secondary N) is 1. The Labute approximate surface area is 123 Å². The molecular weight excluding hydrogens is 272 g/mol. The van der Waals surface area contributed by atoms with E-state index in [2.05, 4.69) is 41.0 Å². The minimum Gasteiger partial charge on any atom is -0.436 e. The van der Waals surface area contributed by atoms with Crippen molar-refractivity contribution in [1.29, 1.82) is 0 Å². The van der Waals surface area contributed by atoms with Crippen molar-refractivity contribution in [2.75, 3.05) is 0 Å². The molecule has 108 valence electrons. The summed E-state index contributed by atoms with van der Waals surface area (Å²) < 4.78 is 5.50. The van der Waals surface area contributed by atoms with Gasteiger partial charge in [0, 0.05) is 41.8 Å². The third-order valence-corrected chi connectivity index (χ3v) is 3.43. The van der Waals surface area contributed by atoms with Gasteiger partial charge in [-0.2, -0.15) is 0 Å². The van der Waals surface area contributed by atoms with Crippen molar-refractivity contribution in [3.05, 3.63) is 29.4 Å². The minimum atomic E-state index is 0.0839. The summed E-state index contributed by atoms with van der Waals surface area (Å²) in [5.41, 5.74) is 2.04. The standard InChI is InChI=1S/C14H20N4OS/c1-9-10(2)19-13(18-9)20-12-15-6-11(7-16-12)8-17-14(3,4)5/h6-7,17H,8H2,1-5H3. The fourth-order valence-corrected chi connectivity index (χ4v) is 2.14. The quantitative estimate of drug-likeness (QED) is 0.874. The predicted octanol–water partition coefficient (Wildman–Crippen LogP) is 3.12. The molecule has 2 aromatic heterocycles. The molecule has 2 heterocycles. The molecule has 2 aromatic rings. The molecule has 2 rings (SSSR count). The number of hydrogen-bond donors (Lipinski definition) is 1. The van der Waals surface area contributed by atoms with Crippen molar-refractivity contribution in [2.45, 2.75) is 57.1 Å². The fourth-order valence-electron chi connectivity index (χ4n) is 1.42. The molecule has 0 aromatic carbocycles. The van der Waals surface area contributed by atoms with Crippen LogP contribution in [0.25, 0.3) is 0 Å². The van der Waals surface area contributed by atoms with Gasteiger partial charge in [0.05, 0.1) is 5.69 Å². The maximum atomic E-state index is 5.50. The number of nitrogens with zero attached hydrogens (tertiary/aromatic N) is 3. The Balaban J connectivity index is 1.98. The molecule has 5 nitrogen and oxygen atoms in total. The number of aromatic nitrogens is 3. The van der Waals surface area contributed by atoms with Gasteiger partial charge in [0.1, 0.15) is 5.76 Å². The summed E-state index contributed by atoms with van der Waals surface area (Å²) in [5, 5.41) is 4.63. The van der Waals surface area contributed by atoms with Crippen LogP contribution in [0.4, 0.5) is 0 Å². The highest BCUT2D eigenvalue weighted by Crippen LogP contribution is 2.25. The maximum Gasteiger partial charge on any atom is 0.264 e. The van der Waals surface area contributed by atoms with E-state index in [-0.39, 0.29) is 5.54 Å². The number of oxazole rings is 1. The third kappa shape index (κ3) is 4.31. The van der Waals surface area contributed by atoms with E-state index in [9.17, 15) is 0 Å². The fraction of sp³-hybridized carbons (Fsp3) is 0.500. The van der Waals surface area contributed by atoms with Crippen molar-refractivity contribution >= 4 is 11.8 Å². The molecule has 0 bridgehead atoms. The highest BCUT2D eigenvalue weighted by atomic mass is 32.2. The lowest BCUT2D eigenvalue weighted by Gasteiger charge is -2.20. The van der Waals surface area contributed by atoms with Crippen molar-refractivity contribution in [2.24, 2.45) is 0 Å². The summed E-state index contributed by atoms with van der Waals surface area (Å²) in [6.45, 7) is 11.0. The Bertz CT molecular complexity index is 552. The summed E-state index contributed by atoms with van der Waals surface area (Å²) in [6.07, 6.45) is 3.66. The van der Waals surface area contributed by atoms with Gasteiger partial charge in [-0.05, 0) is 34.6 Å². The summed E-state index contributed by atoms with van der Waals surface area (Å²) in [4.78, 5) is 13.0. The largest absolute Gasteiger partial charge is 0.436 e. The van der Waals surface area contributed by atoms with Crippen molar-refractivity contribution in [3.8, 4) is 0 Å². The molecule has 0 aliphatic rings. The molecule has 0 saturated carbocycles. The second kappa shape index (κ2) is 5.93. The van der Waals surface area contributed by atoms with Crippen LogP contribution < -0.4 is 5.32 Å². The van der Waals surface area contributed by atoms with Gasteiger partial charge in [0.15, 0.2) is 5.16 Å². The van der Waals surface area contributed by atoms with Crippen molar-refractivity contribution in [1.82, 2.24) is 20.3 Å². The first-order chi connectivity index (χ1) is 9.33. The lowest BCUT2D eigenvalue weighted by atomic mass is 10.1. The SMILES string of the molecule is Cc1nc(Sc2ncc(CNC(C)(C)C)cn2)oc1C. The molecule has 0 fully saturated rings. The Morgan fingerprint density at radius 1 is 1.20 bits per heavy atom. The van der Waals surface area contributed by atoms with Crippen LogP contribution in [0.3, 0.4) is 0 Å². The van der Waals surface area contributed by atoms with Gasteiger partial charge >= 0.3 is 0 Å². The lowest BCUT2D eigenvalue weighted by Crippen LogP contribution is -2.35. The molecule has 0 amide bonds. The van der Waals surface area contributed by atoms with Crippen LogP contribution in [0.2, 0.25) is 0 Å². The highest BCUT2D eigenvalue weighted by molar-refractivity contribution is 7.98. The van der Waals surface area contributed by atoms with E-state index in [4.69, 9.17) is 4.42 Å². The highest BCUT2D eigenvalue weighted by Gasteiger charge is 2.11. The third-order valence-electron chi connectivity index (χ3n) is 2.69. The Kier molecular flexibility index (Phi) is 4.45. The van der Waals surface area contributed by atoms with E-state index in [1.165, 1.54) is 11.8 Å². The summed E-state index contributed by atoms with van der Waals surface area (Å²) >= 11 is 1.33. The van der Waals surface area contributed by atoms with Crippen LogP contribution in [0.1, 0.15) is 37.8 Å². The van der Waals surface area contributed by atoms with Crippen LogP contribution in [0.5, 0.6) is 0 Å². The predicted molar refractivity (Wildman–Crippen MR) is 78.7 cm³/mol. The number of hydrogen-bond acceptors (Lipinski definition) is 6. The van der Waals surface area contributed by atoms with Gasteiger partial charge < -0.3 is 9.73 Å². The van der Waals surface area contributed by atoms with E-state index in [1.807, 2.05) is 26.2 Å². The van der Waals surface area contributed by atoms with Gasteiger partial charge in [-0.3, -0.25) is 0 Å².